The molecule has 1 fully saturated rings. The zero-order valence-electron chi connectivity index (χ0n) is 28.3. The fraction of sp³-hybridized carbons (Fsp3) is 1.00. The maximum absolute atomic E-state index is 12.0. The van der Waals surface area contributed by atoms with E-state index < -0.39 is 35.6 Å². The number of likely N-dealkylation sites (N-methyl/N-ethyl adjacent to an activating group) is 1. The quantitative estimate of drug-likeness (QED) is 0.254. The van der Waals surface area contributed by atoms with Crippen molar-refractivity contribution in [2.75, 3.05) is 95.5 Å². The number of β-amino-alcohol motifs (C(OH)–C–C–N with tert-alkyl or cyclic N) is 2. The summed E-state index contributed by atoms with van der Waals surface area (Å²) in [5, 5.41) is 23.7. The molecule has 1 aliphatic rings. The van der Waals surface area contributed by atoms with Crippen molar-refractivity contribution in [3.63, 3.8) is 0 Å². The highest BCUT2D eigenvalue weighted by Crippen LogP contribution is 2.28. The molecular formula is C30H63N3O8. The molecule has 0 saturated carbocycles. The highest BCUT2D eigenvalue weighted by atomic mass is 16.5. The van der Waals surface area contributed by atoms with Crippen molar-refractivity contribution in [3.8, 4) is 0 Å². The largest absolute Gasteiger partial charge is 0.383 e. The maximum Gasteiger partial charge on any atom is 0.129 e. The predicted molar refractivity (Wildman–Crippen MR) is 162 cm³/mol. The van der Waals surface area contributed by atoms with Crippen LogP contribution in [0.4, 0.5) is 0 Å². The van der Waals surface area contributed by atoms with Gasteiger partial charge in [-0.25, -0.2) is 0 Å². The van der Waals surface area contributed by atoms with Crippen LogP contribution in [-0.4, -0.2) is 174 Å². The minimum absolute atomic E-state index is 0.0546. The van der Waals surface area contributed by atoms with Gasteiger partial charge in [-0.2, -0.15) is 0 Å². The molecule has 1 heterocycles. The Morgan fingerprint density at radius 3 is 1.29 bits per heavy atom. The molecule has 11 heteroatoms. The van der Waals surface area contributed by atoms with Gasteiger partial charge in [-0.1, -0.05) is 0 Å². The molecule has 0 aliphatic carbocycles. The third kappa shape index (κ3) is 9.78. The van der Waals surface area contributed by atoms with Gasteiger partial charge in [0.15, 0.2) is 0 Å². The van der Waals surface area contributed by atoms with Crippen LogP contribution in [0.1, 0.15) is 41.5 Å². The Hall–Kier alpha value is -0.440. The number of methoxy groups -OCH3 is 6. The molecule has 1 rings (SSSR count). The second-order valence-corrected chi connectivity index (χ2v) is 12.0. The number of nitrogens with zero attached hydrogens (tertiary/aromatic N) is 3. The zero-order chi connectivity index (χ0) is 31.5. The molecule has 0 aromatic carbocycles. The van der Waals surface area contributed by atoms with E-state index in [1.165, 1.54) is 0 Å². The summed E-state index contributed by atoms with van der Waals surface area (Å²) in [5.41, 5.74) is -2.47. The molecular weight excluding hydrogens is 530 g/mol. The molecule has 0 amide bonds. The molecule has 0 aromatic rings. The second kappa shape index (κ2) is 17.8. The monoisotopic (exact) mass is 593 g/mol. The number of hydrogen-bond donors (Lipinski definition) is 2. The van der Waals surface area contributed by atoms with Crippen molar-refractivity contribution < 1.29 is 38.6 Å². The maximum atomic E-state index is 12.0. The predicted octanol–water partition coefficient (Wildman–Crippen LogP) is 1.19. The van der Waals surface area contributed by atoms with Crippen molar-refractivity contribution in [2.24, 2.45) is 5.92 Å². The van der Waals surface area contributed by atoms with E-state index in [4.69, 9.17) is 28.4 Å². The fourth-order valence-corrected chi connectivity index (χ4v) is 6.10. The molecule has 1 saturated heterocycles. The summed E-state index contributed by atoms with van der Waals surface area (Å²) in [5.74, 6) is 0.0656. The SMILES string of the molecule is COC(C)C(C(C)OC)C1CN(CC(O)(C(C)OC)C(C)OC)CCN(CC(O)(C(C)OC)C(C)OC)CCN1C. The standard InChI is InChI=1S/C30H63N3O8/c1-21(36-8)28(22(2)37-9)27-18-33(20-30(35,25(5)40-12)26(6)41-13)17-16-32(15-14-31(27)7)19-29(34,23(3)38-10)24(4)39-11/h21-28,34-35H,14-20H2,1-13H3. The second-order valence-electron chi connectivity index (χ2n) is 12.0. The first-order chi connectivity index (χ1) is 19.2. The van der Waals surface area contributed by atoms with Crippen molar-refractivity contribution >= 4 is 0 Å². The van der Waals surface area contributed by atoms with Crippen LogP contribution in [0.25, 0.3) is 0 Å². The van der Waals surface area contributed by atoms with Gasteiger partial charge in [-0.3, -0.25) is 9.80 Å². The first kappa shape index (κ1) is 38.6. The van der Waals surface area contributed by atoms with Gasteiger partial charge in [0.2, 0.25) is 0 Å². The molecule has 1 aliphatic heterocycles. The third-order valence-corrected chi connectivity index (χ3v) is 9.97. The van der Waals surface area contributed by atoms with Crippen LogP contribution in [-0.2, 0) is 28.4 Å². The normalized spacial score (nSPS) is 26.9. The molecule has 7 atom stereocenters. The Bertz CT molecular complexity index is 689. The van der Waals surface area contributed by atoms with Gasteiger partial charge in [0.05, 0.1) is 36.6 Å². The van der Waals surface area contributed by atoms with Crippen molar-refractivity contribution in [2.45, 2.75) is 95.4 Å². The fourth-order valence-electron chi connectivity index (χ4n) is 6.10. The molecule has 7 unspecified atom stereocenters. The van der Waals surface area contributed by atoms with Gasteiger partial charge in [0, 0.05) is 100 Å². The number of aliphatic hydroxyl groups is 2. The molecule has 0 aromatic heterocycles. The van der Waals surface area contributed by atoms with Gasteiger partial charge < -0.3 is 43.5 Å². The summed E-state index contributed by atoms with van der Waals surface area (Å²) in [7, 11) is 12.1. The first-order valence-corrected chi connectivity index (χ1v) is 15.0. The van der Waals surface area contributed by atoms with Gasteiger partial charge >= 0.3 is 0 Å². The van der Waals surface area contributed by atoms with Crippen molar-refractivity contribution in [1.82, 2.24) is 14.7 Å². The van der Waals surface area contributed by atoms with Crippen LogP contribution in [0.5, 0.6) is 0 Å². The number of ether oxygens (including phenoxy) is 6. The van der Waals surface area contributed by atoms with Crippen LogP contribution in [0, 0.1) is 5.92 Å². The van der Waals surface area contributed by atoms with Gasteiger partial charge in [0.1, 0.15) is 11.2 Å². The van der Waals surface area contributed by atoms with Gasteiger partial charge in [-0.05, 0) is 48.6 Å². The minimum Gasteiger partial charge on any atom is -0.383 e. The Morgan fingerprint density at radius 1 is 0.585 bits per heavy atom. The topological polar surface area (TPSA) is 106 Å². The van der Waals surface area contributed by atoms with E-state index in [2.05, 4.69) is 35.6 Å². The van der Waals surface area contributed by atoms with Gasteiger partial charge in [-0.15, -0.1) is 0 Å². The van der Waals surface area contributed by atoms with E-state index in [1.54, 1.807) is 42.7 Å². The Balaban J connectivity index is 3.55. The van der Waals surface area contributed by atoms with E-state index in [1.807, 2.05) is 27.7 Å². The third-order valence-electron chi connectivity index (χ3n) is 9.97. The Labute approximate surface area is 250 Å². The lowest BCUT2D eigenvalue weighted by Gasteiger charge is -2.45. The zero-order valence-corrected chi connectivity index (χ0v) is 28.3. The molecule has 0 spiro atoms. The summed E-state index contributed by atoms with van der Waals surface area (Å²) in [4.78, 5) is 6.92. The first-order valence-electron chi connectivity index (χ1n) is 15.0. The smallest absolute Gasteiger partial charge is 0.129 e. The highest BCUT2D eigenvalue weighted by molar-refractivity contribution is 4.98. The number of rotatable bonds is 17. The van der Waals surface area contributed by atoms with Crippen LogP contribution < -0.4 is 0 Å². The van der Waals surface area contributed by atoms with Gasteiger partial charge in [0.25, 0.3) is 0 Å². The van der Waals surface area contributed by atoms with Crippen LogP contribution in [0.2, 0.25) is 0 Å². The van der Waals surface area contributed by atoms with E-state index in [-0.39, 0.29) is 24.2 Å². The average molecular weight is 594 g/mol. The van der Waals surface area contributed by atoms with Crippen LogP contribution >= 0.6 is 0 Å². The van der Waals surface area contributed by atoms with E-state index >= 15 is 0 Å². The molecule has 2 N–H and O–H groups in total. The lowest BCUT2D eigenvalue weighted by molar-refractivity contribution is -0.169. The van der Waals surface area contributed by atoms with Crippen molar-refractivity contribution in [1.29, 1.82) is 0 Å². The number of hydrogen-bond acceptors (Lipinski definition) is 11. The average Bonchev–Trinajstić information content (AvgIpc) is 3.04. The highest BCUT2D eigenvalue weighted by Gasteiger charge is 2.45. The minimum atomic E-state index is -1.25. The summed E-state index contributed by atoms with van der Waals surface area (Å²) < 4.78 is 34.3. The summed E-state index contributed by atoms with van der Waals surface area (Å²) >= 11 is 0. The molecule has 11 nitrogen and oxygen atoms in total. The Morgan fingerprint density at radius 2 is 0.927 bits per heavy atom. The summed E-state index contributed by atoms with van der Waals surface area (Å²) in [6.07, 6.45) is -1.90. The van der Waals surface area contributed by atoms with Crippen LogP contribution in [0.3, 0.4) is 0 Å². The van der Waals surface area contributed by atoms with Crippen molar-refractivity contribution in [3.05, 3.63) is 0 Å². The van der Waals surface area contributed by atoms with Crippen LogP contribution in [0.15, 0.2) is 0 Å². The molecule has 0 radical (unpaired) electrons. The lowest BCUT2D eigenvalue weighted by Crippen LogP contribution is -2.61. The van der Waals surface area contributed by atoms with E-state index in [0.29, 0.717) is 32.7 Å². The summed E-state index contributed by atoms with van der Waals surface area (Å²) in [6, 6.07) is 0.0643. The Kier molecular flexibility index (Phi) is 16.7. The molecule has 0 bridgehead atoms. The lowest BCUT2D eigenvalue weighted by atomic mass is 9.86. The van der Waals surface area contributed by atoms with E-state index in [0.717, 1.165) is 13.1 Å². The molecule has 246 valence electrons. The summed E-state index contributed by atoms with van der Waals surface area (Å²) in [6.45, 7) is 15.9. The van der Waals surface area contributed by atoms with E-state index in [9.17, 15) is 10.2 Å². The molecule has 41 heavy (non-hydrogen) atoms.